The highest BCUT2D eigenvalue weighted by atomic mass is 16.5. The van der Waals surface area contributed by atoms with Gasteiger partial charge in [-0.1, -0.05) is 18.2 Å². The van der Waals surface area contributed by atoms with Crippen LogP contribution in [0.3, 0.4) is 0 Å². The number of ether oxygens (including phenoxy) is 2. The van der Waals surface area contributed by atoms with Crippen LogP contribution in [0.5, 0.6) is 11.5 Å². The molecule has 0 bridgehead atoms. The average Bonchev–Trinajstić information content (AvgIpc) is 3.35. The predicted octanol–water partition coefficient (Wildman–Crippen LogP) is 4.64. The summed E-state index contributed by atoms with van der Waals surface area (Å²) in [6.45, 7) is 0. The number of aromatic amines is 1. The third kappa shape index (κ3) is 2.84. The van der Waals surface area contributed by atoms with Crippen molar-refractivity contribution in [2.24, 2.45) is 0 Å². The number of H-pyrrole nitrogens is 1. The molecule has 0 spiro atoms. The monoisotopic (exact) mass is 385 g/mol. The van der Waals surface area contributed by atoms with E-state index in [-0.39, 0.29) is 0 Å². The summed E-state index contributed by atoms with van der Waals surface area (Å²) in [5, 5.41) is 4.60. The number of imidazole rings is 1. The van der Waals surface area contributed by atoms with Gasteiger partial charge in [-0.25, -0.2) is 4.98 Å². The zero-order valence-corrected chi connectivity index (χ0v) is 16.0. The number of fused-ring (bicyclic) bond motifs is 2. The molecular weight excluding hydrogens is 366 g/mol. The van der Waals surface area contributed by atoms with Crippen LogP contribution in [0.1, 0.15) is 0 Å². The maximum absolute atomic E-state index is 5.54. The molecule has 144 valence electrons. The van der Waals surface area contributed by atoms with Crippen LogP contribution in [0, 0.1) is 0 Å². The summed E-state index contributed by atoms with van der Waals surface area (Å²) in [6, 6.07) is 13.8. The topological polar surface area (TPSA) is 76.5 Å². The molecule has 0 aliphatic rings. The lowest BCUT2D eigenvalue weighted by molar-refractivity contribution is 0.405. The van der Waals surface area contributed by atoms with E-state index in [1.807, 2.05) is 53.2 Å². The second kappa shape index (κ2) is 6.87. The van der Waals surface area contributed by atoms with Crippen LogP contribution < -0.4 is 14.8 Å². The van der Waals surface area contributed by atoms with Crippen LogP contribution in [-0.4, -0.2) is 33.6 Å². The van der Waals surface area contributed by atoms with Crippen molar-refractivity contribution < 1.29 is 9.47 Å². The summed E-state index contributed by atoms with van der Waals surface area (Å²) in [5.41, 5.74) is 4.42. The first-order valence-electron chi connectivity index (χ1n) is 9.16. The van der Waals surface area contributed by atoms with Crippen molar-refractivity contribution in [2.75, 3.05) is 19.5 Å². The van der Waals surface area contributed by atoms with E-state index in [0.29, 0.717) is 5.75 Å². The van der Waals surface area contributed by atoms with Gasteiger partial charge in [0.2, 0.25) is 0 Å². The Morgan fingerprint density at radius 1 is 1.07 bits per heavy atom. The van der Waals surface area contributed by atoms with Gasteiger partial charge in [0.25, 0.3) is 0 Å². The second-order valence-electron chi connectivity index (χ2n) is 6.55. The minimum Gasteiger partial charge on any atom is -0.497 e. The molecule has 3 heterocycles. The molecule has 7 nitrogen and oxygen atoms in total. The summed E-state index contributed by atoms with van der Waals surface area (Å²) in [5.74, 6) is 2.26. The molecule has 0 aliphatic carbocycles. The van der Waals surface area contributed by atoms with Crippen LogP contribution in [0.4, 0.5) is 11.5 Å². The predicted molar refractivity (Wildman–Crippen MR) is 113 cm³/mol. The number of rotatable bonds is 5. The first kappa shape index (κ1) is 17.1. The molecule has 3 aromatic heterocycles. The lowest BCUT2D eigenvalue weighted by Gasteiger charge is -2.13. The Balaban J connectivity index is 1.73. The highest BCUT2D eigenvalue weighted by Gasteiger charge is 2.19. The zero-order chi connectivity index (χ0) is 19.8. The van der Waals surface area contributed by atoms with E-state index in [2.05, 4.69) is 21.4 Å². The highest BCUT2D eigenvalue weighted by molar-refractivity contribution is 5.98. The van der Waals surface area contributed by atoms with Crippen LogP contribution in [0.25, 0.3) is 27.8 Å². The zero-order valence-electron chi connectivity index (χ0n) is 16.0. The maximum atomic E-state index is 5.54. The average molecular weight is 385 g/mol. The fraction of sp³-hybridized carbons (Fsp3) is 0.0909. The lowest BCUT2D eigenvalue weighted by atomic mass is 10.1. The molecule has 2 N–H and O–H groups in total. The summed E-state index contributed by atoms with van der Waals surface area (Å²) in [4.78, 5) is 12.4. The van der Waals surface area contributed by atoms with Gasteiger partial charge in [-0.05, 0) is 18.2 Å². The number of nitrogens with one attached hydrogen (secondary N) is 2. The van der Waals surface area contributed by atoms with Gasteiger partial charge in [-0.3, -0.25) is 9.38 Å². The number of hydrogen-bond acceptors (Lipinski definition) is 5. The lowest BCUT2D eigenvalue weighted by Crippen LogP contribution is -2.00. The molecule has 2 aromatic carbocycles. The number of aromatic nitrogens is 4. The van der Waals surface area contributed by atoms with E-state index in [9.17, 15) is 0 Å². The van der Waals surface area contributed by atoms with Crippen molar-refractivity contribution in [3.05, 3.63) is 67.3 Å². The second-order valence-corrected chi connectivity index (χ2v) is 6.55. The number of methoxy groups -OCH3 is 2. The van der Waals surface area contributed by atoms with Crippen molar-refractivity contribution in [3.63, 3.8) is 0 Å². The number of hydrogen-bond donors (Lipinski definition) is 2. The first-order valence-corrected chi connectivity index (χ1v) is 9.16. The Hall–Kier alpha value is -4.00. The van der Waals surface area contributed by atoms with Gasteiger partial charge in [-0.15, -0.1) is 0 Å². The van der Waals surface area contributed by atoms with Crippen molar-refractivity contribution in [1.29, 1.82) is 0 Å². The molecule has 5 rings (SSSR count). The molecule has 0 fully saturated rings. The van der Waals surface area contributed by atoms with E-state index in [1.165, 1.54) is 0 Å². The van der Waals surface area contributed by atoms with Crippen LogP contribution >= 0.6 is 0 Å². The Kier molecular flexibility index (Phi) is 4.05. The molecule has 0 saturated heterocycles. The minimum absolute atomic E-state index is 0.708. The summed E-state index contributed by atoms with van der Waals surface area (Å²) in [6.07, 6.45) is 7.34. The molecule has 7 heteroatoms. The normalized spacial score (nSPS) is 11.1. The fourth-order valence-corrected chi connectivity index (χ4v) is 3.52. The van der Waals surface area contributed by atoms with Gasteiger partial charge in [0, 0.05) is 41.1 Å². The summed E-state index contributed by atoms with van der Waals surface area (Å²) < 4.78 is 12.9. The third-order valence-electron chi connectivity index (χ3n) is 4.93. The third-order valence-corrected chi connectivity index (χ3v) is 4.93. The number of para-hydroxylation sites is 1. The van der Waals surface area contributed by atoms with Crippen molar-refractivity contribution in [2.45, 2.75) is 0 Å². The Morgan fingerprint density at radius 3 is 2.83 bits per heavy atom. The van der Waals surface area contributed by atoms with Gasteiger partial charge in [0.15, 0.2) is 5.65 Å². The van der Waals surface area contributed by atoms with E-state index in [0.717, 1.165) is 45.1 Å². The quantitative estimate of drug-likeness (QED) is 0.461. The molecule has 0 saturated carbocycles. The largest absolute Gasteiger partial charge is 0.497 e. The standard InChI is InChI=1S/C22H19N5O2/c1-28-14-7-8-19(29-2)18(11-14)25-22-21(26-20-13-23-9-10-27(20)22)16-12-24-17-6-4-3-5-15(16)17/h3-13,24-25H,1-2H3. The fourth-order valence-electron chi connectivity index (χ4n) is 3.52. The van der Waals surface area contributed by atoms with Gasteiger partial charge in [0.1, 0.15) is 23.0 Å². The Bertz CT molecular complexity index is 1320. The Labute approximate surface area is 167 Å². The molecule has 0 amide bonds. The van der Waals surface area contributed by atoms with E-state index in [1.54, 1.807) is 26.6 Å². The van der Waals surface area contributed by atoms with Gasteiger partial charge < -0.3 is 19.8 Å². The Morgan fingerprint density at radius 2 is 1.97 bits per heavy atom. The number of nitrogens with zero attached hydrogens (tertiary/aromatic N) is 3. The van der Waals surface area contributed by atoms with Crippen LogP contribution in [0.15, 0.2) is 67.3 Å². The van der Waals surface area contributed by atoms with Gasteiger partial charge >= 0.3 is 0 Å². The van der Waals surface area contributed by atoms with Crippen LogP contribution in [-0.2, 0) is 0 Å². The smallest absolute Gasteiger partial charge is 0.157 e. The van der Waals surface area contributed by atoms with Crippen molar-refractivity contribution in [3.8, 4) is 22.8 Å². The SMILES string of the molecule is COc1ccc(OC)c(Nc2c(-c3c[nH]c4ccccc34)nc3cnccn23)c1. The molecule has 29 heavy (non-hydrogen) atoms. The maximum Gasteiger partial charge on any atom is 0.157 e. The minimum atomic E-state index is 0.708. The van der Waals surface area contributed by atoms with Crippen molar-refractivity contribution >= 4 is 28.1 Å². The molecule has 5 aromatic rings. The first-order chi connectivity index (χ1) is 14.3. The van der Waals surface area contributed by atoms with Crippen LogP contribution in [0.2, 0.25) is 0 Å². The molecule has 0 aliphatic heterocycles. The molecular formula is C22H19N5O2. The molecule has 0 unspecified atom stereocenters. The summed E-state index contributed by atoms with van der Waals surface area (Å²) >= 11 is 0. The number of benzene rings is 2. The summed E-state index contributed by atoms with van der Waals surface area (Å²) in [7, 11) is 3.29. The number of anilines is 2. The van der Waals surface area contributed by atoms with E-state index < -0.39 is 0 Å². The molecule has 0 atom stereocenters. The van der Waals surface area contributed by atoms with Gasteiger partial charge in [0.05, 0.1) is 26.1 Å². The highest BCUT2D eigenvalue weighted by Crippen LogP contribution is 2.38. The van der Waals surface area contributed by atoms with Crippen molar-refractivity contribution in [1.82, 2.24) is 19.4 Å². The van der Waals surface area contributed by atoms with E-state index in [4.69, 9.17) is 14.5 Å². The molecule has 0 radical (unpaired) electrons. The van der Waals surface area contributed by atoms with Gasteiger partial charge in [-0.2, -0.15) is 0 Å². The van der Waals surface area contributed by atoms with E-state index >= 15 is 0 Å².